The fourth-order valence-electron chi connectivity index (χ4n) is 3.67. The highest BCUT2D eigenvalue weighted by molar-refractivity contribution is 6.31. The molecule has 0 saturated carbocycles. The molecule has 0 radical (unpaired) electrons. The molecule has 4 rings (SSSR count). The van der Waals surface area contributed by atoms with Crippen LogP contribution in [0.2, 0.25) is 0 Å². The van der Waals surface area contributed by atoms with Crippen molar-refractivity contribution in [3.05, 3.63) is 89.5 Å². The Morgan fingerprint density at radius 3 is 2.19 bits per heavy atom. The van der Waals surface area contributed by atoms with Crippen molar-refractivity contribution in [3.8, 4) is 11.1 Å². The van der Waals surface area contributed by atoms with Gasteiger partial charge in [-0.25, -0.2) is 0 Å². The number of benzene rings is 3. The Morgan fingerprint density at radius 1 is 0.778 bits per heavy atom. The van der Waals surface area contributed by atoms with Gasteiger partial charge in [0, 0.05) is 23.4 Å². The maximum absolute atomic E-state index is 13.2. The van der Waals surface area contributed by atoms with Crippen molar-refractivity contribution in [1.29, 1.82) is 0 Å². The number of anilines is 1. The van der Waals surface area contributed by atoms with Gasteiger partial charge in [0.25, 0.3) is 0 Å². The number of ketones is 2. The molecule has 3 nitrogen and oxygen atoms in total. The summed E-state index contributed by atoms with van der Waals surface area (Å²) in [5.41, 5.74) is 4.61. The van der Waals surface area contributed by atoms with Crippen LogP contribution in [0.4, 0.5) is 5.69 Å². The number of fused-ring (bicyclic) bond motifs is 1. The third kappa shape index (κ3) is 3.06. The van der Waals surface area contributed by atoms with Crippen molar-refractivity contribution in [2.75, 3.05) is 11.9 Å². The molecule has 0 saturated heterocycles. The van der Waals surface area contributed by atoms with Crippen molar-refractivity contribution >= 4 is 17.3 Å². The second kappa shape index (κ2) is 7.20. The van der Waals surface area contributed by atoms with Gasteiger partial charge in [-0.2, -0.15) is 0 Å². The van der Waals surface area contributed by atoms with E-state index in [2.05, 4.69) is 12.2 Å². The molecule has 0 fully saturated rings. The topological polar surface area (TPSA) is 46.2 Å². The maximum Gasteiger partial charge on any atom is 0.179 e. The minimum Gasteiger partial charge on any atom is -0.385 e. The Hall–Kier alpha value is -3.20. The zero-order valence-corrected chi connectivity index (χ0v) is 15.2. The molecule has 0 amide bonds. The van der Waals surface area contributed by atoms with E-state index in [0.717, 1.165) is 35.3 Å². The SMILES string of the molecule is CCCNc1ccc(C2C(=O)c3cccc(-c4ccccc4)c3C2=O)cc1. The number of carbonyl (C=O) groups is 2. The van der Waals surface area contributed by atoms with Gasteiger partial charge >= 0.3 is 0 Å². The van der Waals surface area contributed by atoms with Crippen molar-refractivity contribution in [3.63, 3.8) is 0 Å². The smallest absolute Gasteiger partial charge is 0.179 e. The number of carbonyl (C=O) groups excluding carboxylic acids is 2. The molecule has 0 aromatic heterocycles. The first-order valence-electron chi connectivity index (χ1n) is 9.31. The summed E-state index contributed by atoms with van der Waals surface area (Å²) in [5, 5.41) is 3.31. The minimum atomic E-state index is -0.745. The Labute approximate surface area is 159 Å². The lowest BCUT2D eigenvalue weighted by Crippen LogP contribution is -2.13. The van der Waals surface area contributed by atoms with Gasteiger partial charge in [0.2, 0.25) is 0 Å². The summed E-state index contributed by atoms with van der Waals surface area (Å²) in [7, 11) is 0. The van der Waals surface area contributed by atoms with Crippen LogP contribution in [0.1, 0.15) is 45.5 Å². The first-order chi connectivity index (χ1) is 13.2. The monoisotopic (exact) mass is 355 g/mol. The lowest BCUT2D eigenvalue weighted by Gasteiger charge is -2.10. The molecule has 27 heavy (non-hydrogen) atoms. The van der Waals surface area contributed by atoms with Crippen LogP contribution in [0.15, 0.2) is 72.8 Å². The van der Waals surface area contributed by atoms with Gasteiger partial charge in [-0.1, -0.05) is 67.6 Å². The van der Waals surface area contributed by atoms with Crippen LogP contribution in [0.25, 0.3) is 11.1 Å². The van der Waals surface area contributed by atoms with Crippen molar-refractivity contribution in [2.24, 2.45) is 0 Å². The van der Waals surface area contributed by atoms with E-state index in [0.29, 0.717) is 11.1 Å². The van der Waals surface area contributed by atoms with Crippen LogP contribution >= 0.6 is 0 Å². The summed E-state index contributed by atoms with van der Waals surface area (Å²) in [4.78, 5) is 26.2. The van der Waals surface area contributed by atoms with Crippen LogP contribution in [0, 0.1) is 0 Å². The quantitative estimate of drug-likeness (QED) is 0.629. The average molecular weight is 355 g/mol. The summed E-state index contributed by atoms with van der Waals surface area (Å²) >= 11 is 0. The van der Waals surface area contributed by atoms with Crippen LogP contribution in [0.5, 0.6) is 0 Å². The van der Waals surface area contributed by atoms with Crippen LogP contribution in [-0.4, -0.2) is 18.1 Å². The largest absolute Gasteiger partial charge is 0.385 e. The average Bonchev–Trinajstić information content (AvgIpc) is 2.98. The fourth-order valence-corrected chi connectivity index (χ4v) is 3.67. The number of nitrogens with one attached hydrogen (secondary N) is 1. The van der Waals surface area contributed by atoms with Gasteiger partial charge in [0.05, 0.1) is 0 Å². The molecular weight excluding hydrogens is 334 g/mol. The molecule has 1 aliphatic rings. The first-order valence-corrected chi connectivity index (χ1v) is 9.31. The van der Waals surface area contributed by atoms with Gasteiger partial charge in [-0.3, -0.25) is 9.59 Å². The van der Waals surface area contributed by atoms with Crippen molar-refractivity contribution in [1.82, 2.24) is 0 Å². The highest BCUT2D eigenvalue weighted by Crippen LogP contribution is 2.39. The Balaban J connectivity index is 1.72. The fraction of sp³-hybridized carbons (Fsp3) is 0.167. The second-order valence-corrected chi connectivity index (χ2v) is 6.80. The summed E-state index contributed by atoms with van der Waals surface area (Å²) in [6, 6.07) is 22.9. The lowest BCUT2D eigenvalue weighted by molar-refractivity contribution is 0.0890. The number of hydrogen-bond acceptors (Lipinski definition) is 3. The third-order valence-electron chi connectivity index (χ3n) is 5.01. The molecule has 3 aromatic rings. The predicted octanol–water partition coefficient (Wildman–Crippen LogP) is 5.34. The van der Waals surface area contributed by atoms with E-state index in [1.54, 1.807) is 6.07 Å². The van der Waals surface area contributed by atoms with Gasteiger partial charge in [0.1, 0.15) is 5.92 Å². The maximum atomic E-state index is 13.2. The summed E-state index contributed by atoms with van der Waals surface area (Å²) in [5.74, 6) is -0.962. The molecule has 0 aliphatic heterocycles. The van der Waals surface area contributed by atoms with E-state index in [-0.39, 0.29) is 11.6 Å². The zero-order valence-electron chi connectivity index (χ0n) is 15.2. The van der Waals surface area contributed by atoms with E-state index in [9.17, 15) is 9.59 Å². The summed E-state index contributed by atoms with van der Waals surface area (Å²) in [6.07, 6.45) is 1.04. The Bertz CT molecular complexity index is 991. The first kappa shape index (κ1) is 17.2. The van der Waals surface area contributed by atoms with Crippen LogP contribution in [0.3, 0.4) is 0 Å². The molecule has 3 heteroatoms. The van der Waals surface area contributed by atoms with Crippen molar-refractivity contribution in [2.45, 2.75) is 19.3 Å². The minimum absolute atomic E-state index is 0.108. The van der Waals surface area contributed by atoms with E-state index in [1.165, 1.54) is 0 Å². The molecule has 134 valence electrons. The molecule has 1 aliphatic carbocycles. The predicted molar refractivity (Wildman–Crippen MR) is 109 cm³/mol. The Kier molecular flexibility index (Phi) is 4.59. The second-order valence-electron chi connectivity index (χ2n) is 6.80. The molecule has 0 heterocycles. The molecule has 1 N–H and O–H groups in total. The molecule has 0 spiro atoms. The molecule has 1 unspecified atom stereocenters. The number of Topliss-reactive ketones (excluding diaryl/α,β-unsaturated/α-hetero) is 2. The summed E-state index contributed by atoms with van der Waals surface area (Å²) in [6.45, 7) is 3.01. The van der Waals surface area contributed by atoms with Gasteiger partial charge in [-0.15, -0.1) is 0 Å². The normalized spacial score (nSPS) is 15.7. The lowest BCUT2D eigenvalue weighted by atomic mass is 9.92. The molecular formula is C24H21NO2. The van der Waals surface area contributed by atoms with Crippen LogP contribution < -0.4 is 5.32 Å². The number of hydrogen-bond donors (Lipinski definition) is 1. The highest BCUT2D eigenvalue weighted by Gasteiger charge is 2.41. The van der Waals surface area contributed by atoms with Gasteiger partial charge < -0.3 is 5.32 Å². The van der Waals surface area contributed by atoms with Gasteiger partial charge in [-0.05, 0) is 35.2 Å². The van der Waals surface area contributed by atoms with E-state index in [1.807, 2.05) is 66.7 Å². The van der Waals surface area contributed by atoms with Crippen molar-refractivity contribution < 1.29 is 9.59 Å². The van der Waals surface area contributed by atoms with E-state index >= 15 is 0 Å². The highest BCUT2D eigenvalue weighted by atomic mass is 16.2. The number of rotatable bonds is 5. The standard InChI is InChI=1S/C24H21NO2/c1-2-15-25-18-13-11-17(12-14-18)21-23(26)20-10-6-9-19(22(20)24(21)27)16-7-4-3-5-8-16/h3-14,21,25H,2,15H2,1H3. The third-order valence-corrected chi connectivity index (χ3v) is 5.01. The van der Waals surface area contributed by atoms with Crippen LogP contribution in [-0.2, 0) is 0 Å². The van der Waals surface area contributed by atoms with E-state index in [4.69, 9.17) is 0 Å². The van der Waals surface area contributed by atoms with Gasteiger partial charge in [0.15, 0.2) is 11.6 Å². The summed E-state index contributed by atoms with van der Waals surface area (Å²) < 4.78 is 0. The van der Waals surface area contributed by atoms with E-state index < -0.39 is 5.92 Å². The molecule has 0 bridgehead atoms. The Morgan fingerprint density at radius 2 is 1.48 bits per heavy atom. The zero-order chi connectivity index (χ0) is 18.8. The molecule has 1 atom stereocenters. The molecule has 3 aromatic carbocycles.